The number of rotatable bonds is 4. The van der Waals surface area contributed by atoms with Crippen LogP contribution >= 0.6 is 0 Å². The molecule has 3 heterocycles. The lowest BCUT2D eigenvalue weighted by Gasteiger charge is -2.25. The Hall–Kier alpha value is -3.10. The van der Waals surface area contributed by atoms with E-state index in [1.54, 1.807) is 28.6 Å². The van der Waals surface area contributed by atoms with Crippen LogP contribution in [-0.4, -0.2) is 45.8 Å². The molecule has 32 heavy (non-hydrogen) atoms. The molecule has 0 amide bonds. The number of piperidine rings is 1. The van der Waals surface area contributed by atoms with Gasteiger partial charge in [0.1, 0.15) is 11.2 Å². The number of para-hydroxylation sites is 1. The molecule has 4 aromatic rings. The van der Waals surface area contributed by atoms with E-state index in [0.717, 1.165) is 52.8 Å². The van der Waals surface area contributed by atoms with Gasteiger partial charge in [-0.15, -0.1) is 5.10 Å². The van der Waals surface area contributed by atoms with E-state index in [0.29, 0.717) is 23.7 Å². The molecule has 164 valence electrons. The van der Waals surface area contributed by atoms with Gasteiger partial charge in [-0.1, -0.05) is 36.8 Å². The number of hydrogen-bond acceptors (Lipinski definition) is 5. The van der Waals surface area contributed by atoms with Crippen molar-refractivity contribution in [1.82, 2.24) is 24.3 Å². The van der Waals surface area contributed by atoms with Gasteiger partial charge in [-0.3, -0.25) is 0 Å². The summed E-state index contributed by atoms with van der Waals surface area (Å²) in [4.78, 5) is 0.311. The van der Waals surface area contributed by atoms with Gasteiger partial charge in [-0.25, -0.2) is 13.1 Å². The molecule has 5 rings (SSSR count). The van der Waals surface area contributed by atoms with Crippen molar-refractivity contribution in [2.45, 2.75) is 38.0 Å². The third-order valence-electron chi connectivity index (χ3n) is 6.08. The molecule has 1 aliphatic rings. The second-order valence-electron chi connectivity index (χ2n) is 8.18. The van der Waals surface area contributed by atoms with Crippen LogP contribution in [0.2, 0.25) is 0 Å². The zero-order valence-electron chi connectivity index (χ0n) is 18.2. The molecule has 0 atom stereocenters. The van der Waals surface area contributed by atoms with E-state index in [-0.39, 0.29) is 0 Å². The number of hydrogen-bond donors (Lipinski definition) is 0. The molecule has 0 bridgehead atoms. The highest BCUT2D eigenvalue weighted by molar-refractivity contribution is 7.89. The van der Waals surface area contributed by atoms with Crippen LogP contribution in [0.3, 0.4) is 0 Å². The minimum Gasteiger partial charge on any atom is -0.237 e. The molecule has 2 aromatic carbocycles. The molecule has 8 heteroatoms. The summed E-state index contributed by atoms with van der Waals surface area (Å²) in [7, 11) is -3.47. The van der Waals surface area contributed by atoms with Gasteiger partial charge in [0, 0.05) is 24.0 Å². The Balaban J connectivity index is 1.57. The van der Waals surface area contributed by atoms with Gasteiger partial charge in [0.15, 0.2) is 0 Å². The molecule has 7 nitrogen and oxygen atoms in total. The third-order valence-corrected chi connectivity index (χ3v) is 8.00. The fourth-order valence-corrected chi connectivity index (χ4v) is 5.89. The van der Waals surface area contributed by atoms with Crippen molar-refractivity contribution in [2.75, 3.05) is 13.1 Å². The highest BCUT2D eigenvalue weighted by Crippen LogP contribution is 2.31. The number of fused-ring (bicyclic) bond motifs is 1. The third kappa shape index (κ3) is 3.49. The molecule has 0 N–H and O–H groups in total. The lowest BCUT2D eigenvalue weighted by Crippen LogP contribution is -2.35. The van der Waals surface area contributed by atoms with Crippen LogP contribution in [0.5, 0.6) is 0 Å². The predicted molar refractivity (Wildman–Crippen MR) is 124 cm³/mol. The quantitative estimate of drug-likeness (QED) is 0.467. The Labute approximate surface area is 187 Å². The molecule has 2 aromatic heterocycles. The maximum atomic E-state index is 13.0. The monoisotopic (exact) mass is 447 g/mol. The Bertz CT molecular complexity index is 1370. The summed E-state index contributed by atoms with van der Waals surface area (Å²) in [6, 6.07) is 16.9. The largest absolute Gasteiger partial charge is 0.243 e. The average Bonchev–Trinajstić information content (AvgIpc) is 3.18. The summed E-state index contributed by atoms with van der Waals surface area (Å²) in [5, 5.41) is 14.6. The van der Waals surface area contributed by atoms with Gasteiger partial charge in [0.05, 0.1) is 22.0 Å². The second-order valence-corrected chi connectivity index (χ2v) is 10.1. The molecular formula is C24H25N5O2S. The van der Waals surface area contributed by atoms with Gasteiger partial charge in [0.2, 0.25) is 10.0 Å². The predicted octanol–water partition coefficient (Wildman–Crippen LogP) is 4.27. The fraction of sp³-hybridized carbons (Fsp3) is 0.292. The van der Waals surface area contributed by atoms with Crippen LogP contribution < -0.4 is 0 Å². The summed E-state index contributed by atoms with van der Waals surface area (Å²) in [6.45, 7) is 5.13. The summed E-state index contributed by atoms with van der Waals surface area (Å²) in [5.41, 5.74) is 4.96. The van der Waals surface area contributed by atoms with E-state index < -0.39 is 10.0 Å². The zero-order chi connectivity index (χ0) is 22.3. The molecule has 0 radical (unpaired) electrons. The summed E-state index contributed by atoms with van der Waals surface area (Å²) in [6.07, 6.45) is 2.91. The van der Waals surface area contributed by atoms with Crippen LogP contribution in [0.25, 0.3) is 27.8 Å². The maximum absolute atomic E-state index is 13.0. The number of aryl methyl sites for hydroxylation is 2. The van der Waals surface area contributed by atoms with Crippen LogP contribution in [-0.2, 0) is 10.0 Å². The van der Waals surface area contributed by atoms with E-state index in [2.05, 4.69) is 10.2 Å². The molecule has 1 fully saturated rings. The standard InChI is InChI=1S/C24H25N5O2S/c1-17-22-18(2)29(20-9-5-3-6-10-20)27-24(22)23(26-25-17)19-11-13-21(14-12-19)32(30,31)28-15-7-4-8-16-28/h3,5-6,9-14H,4,7-8,15-16H2,1-2H3. The highest BCUT2D eigenvalue weighted by Gasteiger charge is 2.26. The minimum atomic E-state index is -3.47. The summed E-state index contributed by atoms with van der Waals surface area (Å²) in [5.74, 6) is 0. The summed E-state index contributed by atoms with van der Waals surface area (Å²) >= 11 is 0. The highest BCUT2D eigenvalue weighted by atomic mass is 32.2. The van der Waals surface area contributed by atoms with Crippen LogP contribution in [0.4, 0.5) is 0 Å². The number of sulfonamides is 1. The number of benzene rings is 2. The lowest BCUT2D eigenvalue weighted by molar-refractivity contribution is 0.346. The topological polar surface area (TPSA) is 81.0 Å². The van der Waals surface area contributed by atoms with Crippen molar-refractivity contribution in [3.05, 3.63) is 66.0 Å². The molecular weight excluding hydrogens is 422 g/mol. The van der Waals surface area contributed by atoms with Crippen molar-refractivity contribution in [1.29, 1.82) is 0 Å². The van der Waals surface area contributed by atoms with E-state index >= 15 is 0 Å². The SMILES string of the molecule is Cc1nnc(-c2ccc(S(=O)(=O)N3CCCCC3)cc2)c2nn(-c3ccccc3)c(C)c12. The first-order valence-electron chi connectivity index (χ1n) is 10.9. The molecule has 1 saturated heterocycles. The molecule has 1 aliphatic heterocycles. The van der Waals surface area contributed by atoms with Crippen LogP contribution in [0, 0.1) is 13.8 Å². The second kappa shape index (κ2) is 8.11. The first-order chi connectivity index (χ1) is 15.5. The Morgan fingerprint density at radius 3 is 2.22 bits per heavy atom. The van der Waals surface area contributed by atoms with Crippen molar-refractivity contribution >= 4 is 20.9 Å². The van der Waals surface area contributed by atoms with Gasteiger partial charge in [-0.2, -0.15) is 14.5 Å². The van der Waals surface area contributed by atoms with E-state index in [4.69, 9.17) is 5.10 Å². The normalized spacial score (nSPS) is 15.3. The first kappa shape index (κ1) is 20.8. The van der Waals surface area contributed by atoms with Gasteiger partial charge in [0.25, 0.3) is 0 Å². The van der Waals surface area contributed by atoms with Crippen molar-refractivity contribution in [3.63, 3.8) is 0 Å². The smallest absolute Gasteiger partial charge is 0.237 e. The first-order valence-corrected chi connectivity index (χ1v) is 12.3. The zero-order valence-corrected chi connectivity index (χ0v) is 19.0. The number of nitrogens with zero attached hydrogens (tertiary/aromatic N) is 5. The van der Waals surface area contributed by atoms with Crippen LogP contribution in [0.15, 0.2) is 59.5 Å². The molecule has 0 aliphatic carbocycles. The summed E-state index contributed by atoms with van der Waals surface area (Å²) < 4.78 is 29.4. The number of aromatic nitrogens is 4. The van der Waals surface area contributed by atoms with Gasteiger partial charge < -0.3 is 0 Å². The van der Waals surface area contributed by atoms with Crippen LogP contribution in [0.1, 0.15) is 30.7 Å². The van der Waals surface area contributed by atoms with E-state index in [9.17, 15) is 8.42 Å². The van der Waals surface area contributed by atoms with Crippen molar-refractivity contribution < 1.29 is 8.42 Å². The van der Waals surface area contributed by atoms with Gasteiger partial charge >= 0.3 is 0 Å². The van der Waals surface area contributed by atoms with Gasteiger partial charge in [-0.05, 0) is 51.0 Å². The fourth-order valence-electron chi connectivity index (χ4n) is 4.38. The van der Waals surface area contributed by atoms with E-state index in [1.807, 2.05) is 48.9 Å². The Morgan fingerprint density at radius 1 is 0.844 bits per heavy atom. The van der Waals surface area contributed by atoms with Crippen molar-refractivity contribution in [3.8, 4) is 16.9 Å². The molecule has 0 unspecified atom stereocenters. The van der Waals surface area contributed by atoms with E-state index in [1.165, 1.54) is 0 Å². The minimum absolute atomic E-state index is 0.311. The lowest BCUT2D eigenvalue weighted by atomic mass is 10.1. The molecule has 0 saturated carbocycles. The van der Waals surface area contributed by atoms with Crippen molar-refractivity contribution in [2.24, 2.45) is 0 Å². The average molecular weight is 448 g/mol. The Kier molecular flexibility index (Phi) is 5.27. The maximum Gasteiger partial charge on any atom is 0.243 e. The Morgan fingerprint density at radius 2 is 1.53 bits per heavy atom. The molecule has 0 spiro atoms.